The van der Waals surface area contributed by atoms with Gasteiger partial charge in [-0.3, -0.25) is 0 Å². The van der Waals surface area contributed by atoms with Gasteiger partial charge >= 0.3 is 137 Å². The second-order valence-corrected chi connectivity index (χ2v) is 8.19. The van der Waals surface area contributed by atoms with E-state index in [1.54, 1.807) is 20.8 Å². The summed E-state index contributed by atoms with van der Waals surface area (Å²) in [5, 5.41) is 12.4. The van der Waals surface area contributed by atoms with Crippen LogP contribution in [0, 0.1) is 0 Å². The van der Waals surface area contributed by atoms with Crippen molar-refractivity contribution in [2.45, 2.75) is 50.6 Å². The van der Waals surface area contributed by atoms with Crippen LogP contribution in [0.2, 0.25) is 5.32 Å². The standard InChI is InChI=1S/C16H23NO4Se/c1-16(2,3)21-15(20)17-12(9-10-14(18)19)11-22-13-7-5-4-6-8-13/h4-8,12H,9-11H2,1-3H3,(H,17,20)(H,18,19)/t12-/m0/s1. The fourth-order valence-electron chi connectivity index (χ4n) is 1.68. The van der Waals surface area contributed by atoms with E-state index < -0.39 is 17.7 Å². The van der Waals surface area contributed by atoms with Gasteiger partial charge in [-0.25, -0.2) is 0 Å². The van der Waals surface area contributed by atoms with Crippen molar-refractivity contribution in [2.24, 2.45) is 0 Å². The van der Waals surface area contributed by atoms with Crippen molar-refractivity contribution in [2.75, 3.05) is 0 Å². The summed E-state index contributed by atoms with van der Waals surface area (Å²) in [6.45, 7) is 5.40. The molecule has 0 unspecified atom stereocenters. The number of carboxylic acid groups (broad SMARTS) is 1. The molecule has 0 bridgehead atoms. The van der Waals surface area contributed by atoms with E-state index in [1.807, 2.05) is 30.3 Å². The Bertz CT molecular complexity index is 485. The number of nitrogens with one attached hydrogen (secondary N) is 1. The molecule has 1 aromatic rings. The predicted octanol–water partition coefficient (Wildman–Crippen LogP) is 2.19. The van der Waals surface area contributed by atoms with Gasteiger partial charge in [0, 0.05) is 0 Å². The number of ether oxygens (including phenoxy) is 1. The van der Waals surface area contributed by atoms with Crippen molar-refractivity contribution in [3.63, 3.8) is 0 Å². The molecule has 1 aromatic carbocycles. The number of rotatable bonds is 7. The summed E-state index contributed by atoms with van der Waals surface area (Å²) in [4.78, 5) is 22.6. The normalized spacial score (nSPS) is 12.5. The van der Waals surface area contributed by atoms with Crippen LogP contribution in [0.15, 0.2) is 30.3 Å². The number of hydrogen-bond donors (Lipinski definition) is 2. The van der Waals surface area contributed by atoms with E-state index in [1.165, 1.54) is 4.46 Å². The van der Waals surface area contributed by atoms with Crippen LogP contribution in [0.4, 0.5) is 4.79 Å². The van der Waals surface area contributed by atoms with E-state index in [9.17, 15) is 9.59 Å². The monoisotopic (exact) mass is 373 g/mol. The summed E-state index contributed by atoms with van der Waals surface area (Å²) in [6, 6.07) is 9.81. The molecule has 22 heavy (non-hydrogen) atoms. The number of benzene rings is 1. The van der Waals surface area contributed by atoms with Gasteiger partial charge in [-0.15, -0.1) is 0 Å². The zero-order valence-electron chi connectivity index (χ0n) is 13.2. The van der Waals surface area contributed by atoms with Crippen LogP contribution in [0.25, 0.3) is 0 Å². The van der Waals surface area contributed by atoms with Crippen molar-refractivity contribution >= 4 is 31.5 Å². The number of aliphatic carboxylic acids is 1. The van der Waals surface area contributed by atoms with Crippen LogP contribution in [0.5, 0.6) is 0 Å². The maximum absolute atomic E-state index is 11.9. The molecule has 5 nitrogen and oxygen atoms in total. The third-order valence-corrected chi connectivity index (χ3v) is 5.09. The van der Waals surface area contributed by atoms with Crippen molar-refractivity contribution in [3.8, 4) is 0 Å². The van der Waals surface area contributed by atoms with E-state index >= 15 is 0 Å². The third-order valence-electron chi connectivity index (χ3n) is 2.62. The SMILES string of the molecule is CC(C)(C)OC(=O)N[C@@H](CCC(=O)O)C[Se]c1ccccc1. The number of carbonyl (C=O) groups excluding carboxylic acids is 1. The molecule has 0 aliphatic carbocycles. The molecule has 1 rings (SSSR count). The Kier molecular flexibility index (Phi) is 7.42. The van der Waals surface area contributed by atoms with Crippen molar-refractivity contribution in [3.05, 3.63) is 30.3 Å². The van der Waals surface area contributed by atoms with E-state index in [0.29, 0.717) is 6.42 Å². The molecule has 6 heteroatoms. The summed E-state index contributed by atoms with van der Waals surface area (Å²) in [5.41, 5.74) is -0.563. The number of carboxylic acids is 1. The van der Waals surface area contributed by atoms with Gasteiger partial charge in [-0.1, -0.05) is 0 Å². The predicted molar refractivity (Wildman–Crippen MR) is 86.7 cm³/mol. The second kappa shape index (κ2) is 8.81. The fourth-order valence-corrected chi connectivity index (χ4v) is 3.77. The fraction of sp³-hybridized carbons (Fsp3) is 0.500. The second-order valence-electron chi connectivity index (χ2n) is 5.90. The van der Waals surface area contributed by atoms with Gasteiger partial charge in [0.1, 0.15) is 0 Å². The average molecular weight is 372 g/mol. The molecule has 0 fully saturated rings. The summed E-state index contributed by atoms with van der Waals surface area (Å²) >= 11 is 0.180. The van der Waals surface area contributed by atoms with Crippen LogP contribution < -0.4 is 9.78 Å². The van der Waals surface area contributed by atoms with E-state index in [-0.39, 0.29) is 27.4 Å². The Labute approximate surface area is 137 Å². The molecule has 0 radical (unpaired) electrons. The van der Waals surface area contributed by atoms with Gasteiger partial charge in [-0.2, -0.15) is 0 Å². The quantitative estimate of drug-likeness (QED) is 0.720. The molecule has 122 valence electrons. The summed E-state index contributed by atoms with van der Waals surface area (Å²) in [7, 11) is 0. The van der Waals surface area contributed by atoms with Crippen LogP contribution in [0.1, 0.15) is 33.6 Å². The van der Waals surface area contributed by atoms with Crippen LogP contribution in [-0.2, 0) is 9.53 Å². The first-order valence-corrected chi connectivity index (χ1v) is 9.22. The summed E-state index contributed by atoms with van der Waals surface area (Å²) in [6.07, 6.45) is -0.0548. The maximum atomic E-state index is 11.9. The first-order valence-electron chi connectivity index (χ1n) is 7.15. The van der Waals surface area contributed by atoms with Crippen LogP contribution >= 0.6 is 0 Å². The number of hydrogen-bond acceptors (Lipinski definition) is 3. The molecular formula is C16H23NO4Se. The number of alkyl carbamates (subject to hydrolysis) is 1. The minimum atomic E-state index is -0.858. The molecule has 2 N–H and O–H groups in total. The van der Waals surface area contributed by atoms with E-state index in [4.69, 9.17) is 9.84 Å². The Balaban J connectivity index is 2.55. The van der Waals surface area contributed by atoms with Crippen LogP contribution in [0.3, 0.4) is 0 Å². The van der Waals surface area contributed by atoms with Gasteiger partial charge in [-0.05, 0) is 0 Å². The molecule has 0 heterocycles. The van der Waals surface area contributed by atoms with Crippen LogP contribution in [-0.4, -0.2) is 43.8 Å². The van der Waals surface area contributed by atoms with Crippen molar-refractivity contribution in [1.82, 2.24) is 5.32 Å². The molecule has 0 aromatic heterocycles. The molecule has 1 atom stereocenters. The van der Waals surface area contributed by atoms with E-state index in [0.717, 1.165) is 5.32 Å². The summed E-state index contributed by atoms with van der Waals surface area (Å²) in [5.74, 6) is -0.858. The van der Waals surface area contributed by atoms with Gasteiger partial charge in [0.05, 0.1) is 0 Å². The molecule has 0 saturated carbocycles. The number of carbonyl (C=O) groups is 2. The molecule has 1 amide bonds. The molecule has 0 aliphatic heterocycles. The van der Waals surface area contributed by atoms with Crippen molar-refractivity contribution < 1.29 is 19.4 Å². The molecule has 0 aliphatic rings. The van der Waals surface area contributed by atoms with Gasteiger partial charge in [0.25, 0.3) is 0 Å². The Morgan fingerprint density at radius 3 is 2.45 bits per heavy atom. The van der Waals surface area contributed by atoms with Gasteiger partial charge in [0.2, 0.25) is 0 Å². The molecular weight excluding hydrogens is 349 g/mol. The molecule has 0 saturated heterocycles. The Hall–Kier alpha value is -1.52. The Morgan fingerprint density at radius 2 is 1.91 bits per heavy atom. The number of amides is 1. The van der Waals surface area contributed by atoms with Gasteiger partial charge in [0.15, 0.2) is 0 Å². The van der Waals surface area contributed by atoms with Gasteiger partial charge < -0.3 is 0 Å². The Morgan fingerprint density at radius 1 is 1.27 bits per heavy atom. The molecule has 0 spiro atoms. The minimum absolute atomic E-state index is 0.0331. The zero-order chi connectivity index (χ0) is 16.6. The topological polar surface area (TPSA) is 75.6 Å². The van der Waals surface area contributed by atoms with E-state index in [2.05, 4.69) is 5.32 Å². The van der Waals surface area contributed by atoms with Crippen molar-refractivity contribution in [1.29, 1.82) is 0 Å². The first kappa shape index (κ1) is 18.5. The average Bonchev–Trinajstić information content (AvgIpc) is 2.41. The summed E-state index contributed by atoms with van der Waals surface area (Å²) < 4.78 is 6.46. The third kappa shape index (κ3) is 8.70. The first-order chi connectivity index (χ1) is 10.3. The zero-order valence-corrected chi connectivity index (χ0v) is 14.9.